The Labute approximate surface area is 230 Å². The predicted molar refractivity (Wildman–Crippen MR) is 137 cm³/mol. The highest BCUT2D eigenvalue weighted by molar-refractivity contribution is 7.89. The molecule has 1 amide bonds. The number of hydrogen-bond donors (Lipinski definition) is 2. The zero-order chi connectivity index (χ0) is 28.3. The van der Waals surface area contributed by atoms with Crippen molar-refractivity contribution in [2.45, 2.75) is 48.3 Å². The Kier molecular flexibility index (Phi) is 6.48. The summed E-state index contributed by atoms with van der Waals surface area (Å²) in [5.41, 5.74) is -0.237. The van der Waals surface area contributed by atoms with E-state index in [0.717, 1.165) is 19.4 Å². The molecule has 3 aromatic rings. The number of anilines is 1. The summed E-state index contributed by atoms with van der Waals surface area (Å²) in [5.74, 6) is 0.0428. The SMILES string of the molecule is N#CC1(NS(=O)(=O)c2cc(N3CCN(C(=O)[C@@H]4CCCN4)CC3)c3cnc(-c4nnc(C(F)(F)F)s4)n3c2)CC1. The number of amides is 1. The molecule has 5 heterocycles. The largest absolute Gasteiger partial charge is 0.445 e. The van der Waals surface area contributed by atoms with Crippen LogP contribution in [-0.4, -0.2) is 83.1 Å². The van der Waals surface area contributed by atoms with E-state index in [4.69, 9.17) is 0 Å². The van der Waals surface area contributed by atoms with Crippen molar-refractivity contribution in [1.82, 2.24) is 34.5 Å². The van der Waals surface area contributed by atoms with Gasteiger partial charge in [0.25, 0.3) is 0 Å². The molecule has 0 aromatic carbocycles. The van der Waals surface area contributed by atoms with Crippen LogP contribution in [0.25, 0.3) is 16.3 Å². The van der Waals surface area contributed by atoms with Crippen molar-refractivity contribution in [3.05, 3.63) is 23.5 Å². The first-order chi connectivity index (χ1) is 19.0. The normalized spacial score (nSPS) is 21.1. The number of halogens is 3. The maximum Gasteiger partial charge on any atom is 0.445 e. The lowest BCUT2D eigenvalue weighted by molar-refractivity contribution is -0.138. The Morgan fingerprint density at radius 2 is 1.98 bits per heavy atom. The van der Waals surface area contributed by atoms with Gasteiger partial charge in [-0.2, -0.15) is 23.2 Å². The lowest BCUT2D eigenvalue weighted by atomic mass is 10.1. The number of nitrogens with zero attached hydrogens (tertiary/aromatic N) is 7. The Bertz CT molecular complexity index is 1610. The number of fused-ring (bicyclic) bond motifs is 1. The topological polar surface area (TPSA) is 149 Å². The molecule has 1 saturated carbocycles. The number of nitrogens with one attached hydrogen (secondary N) is 2. The number of carbonyl (C=O) groups excluding carboxylic acids is 1. The molecule has 0 unspecified atom stereocenters. The molecule has 3 aromatic heterocycles. The van der Waals surface area contributed by atoms with Crippen molar-refractivity contribution in [3.8, 4) is 16.9 Å². The molecule has 1 aliphatic carbocycles. The maximum atomic E-state index is 13.4. The third-order valence-electron chi connectivity index (χ3n) is 7.35. The van der Waals surface area contributed by atoms with E-state index >= 15 is 0 Å². The van der Waals surface area contributed by atoms with Gasteiger partial charge in [0, 0.05) is 32.4 Å². The Balaban J connectivity index is 1.37. The highest BCUT2D eigenvalue weighted by atomic mass is 32.2. The molecular formula is C23H24F3N9O3S2. The van der Waals surface area contributed by atoms with Gasteiger partial charge in [-0.15, -0.1) is 10.2 Å². The van der Waals surface area contributed by atoms with Crippen molar-refractivity contribution in [2.75, 3.05) is 37.6 Å². The zero-order valence-electron chi connectivity index (χ0n) is 21.0. The number of piperazine rings is 1. The zero-order valence-corrected chi connectivity index (χ0v) is 22.6. The van der Waals surface area contributed by atoms with E-state index in [9.17, 15) is 31.6 Å². The third-order valence-corrected chi connectivity index (χ3v) is 9.82. The lowest BCUT2D eigenvalue weighted by Gasteiger charge is -2.37. The summed E-state index contributed by atoms with van der Waals surface area (Å²) in [4.78, 5) is 20.7. The van der Waals surface area contributed by atoms with Gasteiger partial charge in [0.05, 0.1) is 29.5 Å². The smallest absolute Gasteiger partial charge is 0.366 e. The van der Waals surface area contributed by atoms with E-state index in [1.54, 1.807) is 4.90 Å². The summed E-state index contributed by atoms with van der Waals surface area (Å²) in [5, 5.41) is 18.2. The van der Waals surface area contributed by atoms with E-state index in [2.05, 4.69) is 25.2 Å². The molecule has 3 aliphatic rings. The minimum absolute atomic E-state index is 0.00356. The summed E-state index contributed by atoms with van der Waals surface area (Å²) in [7, 11) is -4.18. The summed E-state index contributed by atoms with van der Waals surface area (Å²) in [6.07, 6.45) is 0.512. The fraction of sp³-hybridized carbons (Fsp3) is 0.522. The van der Waals surface area contributed by atoms with E-state index in [1.165, 1.54) is 22.9 Å². The maximum absolute atomic E-state index is 13.4. The van der Waals surface area contributed by atoms with Crippen LogP contribution in [0.4, 0.5) is 18.9 Å². The number of nitriles is 1. The molecule has 12 nitrogen and oxygen atoms in total. The number of imidazole rings is 1. The van der Waals surface area contributed by atoms with Crippen LogP contribution in [0.3, 0.4) is 0 Å². The van der Waals surface area contributed by atoms with E-state index in [0.29, 0.717) is 61.6 Å². The average molecular weight is 596 g/mol. The standard InChI is InChI=1S/C23H24F3N9O3S2/c24-23(25,26)21-31-30-19(39-21)18-29-11-17-16(33-6-8-34(9-7-33)20(36)15-2-1-5-28-15)10-14(12-35(17)18)40(37,38)32-22(13-27)3-4-22/h10-12,15,28,32H,1-9H2/t15-/m0/s1. The van der Waals surface area contributed by atoms with Crippen LogP contribution < -0.4 is 14.9 Å². The van der Waals surface area contributed by atoms with Gasteiger partial charge in [-0.3, -0.25) is 9.20 Å². The van der Waals surface area contributed by atoms with Crippen molar-refractivity contribution in [1.29, 1.82) is 5.26 Å². The molecule has 2 N–H and O–H groups in total. The predicted octanol–water partition coefficient (Wildman–Crippen LogP) is 1.61. The molecule has 17 heteroatoms. The molecule has 0 radical (unpaired) electrons. The fourth-order valence-corrected chi connectivity index (χ4v) is 7.10. The second-order valence-corrected chi connectivity index (χ2v) is 12.7. The Morgan fingerprint density at radius 1 is 1.23 bits per heavy atom. The molecular weight excluding hydrogens is 571 g/mol. The summed E-state index contributed by atoms with van der Waals surface area (Å²) in [6, 6.07) is 3.27. The van der Waals surface area contributed by atoms with Crippen molar-refractivity contribution in [3.63, 3.8) is 0 Å². The third kappa shape index (κ3) is 4.89. The number of rotatable bonds is 6. The van der Waals surface area contributed by atoms with Crippen molar-refractivity contribution >= 4 is 38.5 Å². The quantitative estimate of drug-likeness (QED) is 0.434. The summed E-state index contributed by atoms with van der Waals surface area (Å²) < 4.78 is 70.2. The Morgan fingerprint density at radius 3 is 2.58 bits per heavy atom. The van der Waals surface area contributed by atoms with Crippen LogP contribution in [0.2, 0.25) is 0 Å². The van der Waals surface area contributed by atoms with Crippen molar-refractivity contribution in [2.24, 2.45) is 0 Å². The highest BCUT2D eigenvalue weighted by Crippen LogP contribution is 2.38. The minimum Gasteiger partial charge on any atom is -0.366 e. The van der Waals surface area contributed by atoms with Gasteiger partial charge < -0.3 is 15.1 Å². The second-order valence-electron chi connectivity index (χ2n) is 10.1. The van der Waals surface area contributed by atoms with Gasteiger partial charge in [0.2, 0.25) is 20.9 Å². The van der Waals surface area contributed by atoms with Gasteiger partial charge in [-0.25, -0.2) is 13.4 Å². The number of carbonyl (C=O) groups is 1. The average Bonchev–Trinajstić information content (AvgIpc) is 3.38. The monoisotopic (exact) mass is 595 g/mol. The number of aromatic nitrogens is 4. The van der Waals surface area contributed by atoms with Crippen LogP contribution >= 0.6 is 11.3 Å². The van der Waals surface area contributed by atoms with Crippen molar-refractivity contribution < 1.29 is 26.4 Å². The van der Waals surface area contributed by atoms with E-state index < -0.39 is 26.7 Å². The van der Waals surface area contributed by atoms with Crippen LogP contribution in [-0.2, 0) is 21.0 Å². The summed E-state index contributed by atoms with van der Waals surface area (Å²) >= 11 is 0.304. The molecule has 3 fully saturated rings. The number of alkyl halides is 3. The second kappa shape index (κ2) is 9.65. The van der Waals surface area contributed by atoms with Gasteiger partial charge in [-0.1, -0.05) is 11.3 Å². The number of sulfonamides is 1. The Hall–Kier alpha value is -3.33. The van der Waals surface area contributed by atoms with E-state index in [1.807, 2.05) is 11.0 Å². The molecule has 40 heavy (non-hydrogen) atoms. The van der Waals surface area contributed by atoms with E-state index in [-0.39, 0.29) is 27.7 Å². The highest BCUT2D eigenvalue weighted by Gasteiger charge is 2.47. The molecule has 0 spiro atoms. The van der Waals surface area contributed by atoms with Crippen LogP contribution in [0.5, 0.6) is 0 Å². The first kappa shape index (κ1) is 26.9. The minimum atomic E-state index is -4.69. The van der Waals surface area contributed by atoms with Gasteiger partial charge >= 0.3 is 6.18 Å². The number of hydrogen-bond acceptors (Lipinski definition) is 10. The fourth-order valence-electron chi connectivity index (χ4n) is 5.00. The summed E-state index contributed by atoms with van der Waals surface area (Å²) in [6.45, 7) is 2.46. The molecule has 0 bridgehead atoms. The van der Waals surface area contributed by atoms with Gasteiger partial charge in [-0.05, 0) is 38.3 Å². The molecule has 212 valence electrons. The first-order valence-electron chi connectivity index (χ1n) is 12.6. The molecule has 1 atom stereocenters. The lowest BCUT2D eigenvalue weighted by Crippen LogP contribution is -2.53. The van der Waals surface area contributed by atoms with Gasteiger partial charge in [0.1, 0.15) is 10.4 Å². The molecule has 2 saturated heterocycles. The molecule has 6 rings (SSSR count). The van der Waals surface area contributed by atoms with Gasteiger partial charge in [0.15, 0.2) is 10.8 Å². The number of pyridine rings is 1. The van der Waals surface area contributed by atoms with Crippen LogP contribution in [0.15, 0.2) is 23.4 Å². The van der Waals surface area contributed by atoms with Crippen LogP contribution in [0.1, 0.15) is 30.7 Å². The first-order valence-corrected chi connectivity index (χ1v) is 14.9. The van der Waals surface area contributed by atoms with Crippen LogP contribution in [0, 0.1) is 11.3 Å². The molecule has 2 aliphatic heterocycles.